The lowest BCUT2D eigenvalue weighted by Gasteiger charge is -2.11. The van der Waals surface area contributed by atoms with Gasteiger partial charge in [0.25, 0.3) is 5.91 Å². The maximum Gasteiger partial charge on any atom is 0.355 e. The van der Waals surface area contributed by atoms with Gasteiger partial charge in [-0.2, -0.15) is 10.2 Å². The van der Waals surface area contributed by atoms with E-state index in [2.05, 4.69) is 36.4 Å². The molecular weight excluding hydrogens is 472 g/mol. The van der Waals surface area contributed by atoms with Crippen LogP contribution in [0.3, 0.4) is 0 Å². The van der Waals surface area contributed by atoms with Crippen LogP contribution in [-0.4, -0.2) is 20.8 Å². The first-order valence-corrected chi connectivity index (χ1v) is 10.5. The average Bonchev–Trinajstić information content (AvgIpc) is 2.87. The number of amides is 1. The summed E-state index contributed by atoms with van der Waals surface area (Å²) in [5.74, 6) is -0.863. The molecule has 3 N–H and O–H groups in total. The summed E-state index contributed by atoms with van der Waals surface area (Å²) in [6, 6.07) is 22.4. The fraction of sp³-hybridized carbons (Fsp3) is 0. The Labute approximate surface area is 204 Å². The maximum atomic E-state index is 12.4. The van der Waals surface area contributed by atoms with Gasteiger partial charge in [-0.3, -0.25) is 25.8 Å². The molecule has 4 aromatic rings. The molecule has 0 spiro atoms. The summed E-state index contributed by atoms with van der Waals surface area (Å²) >= 11 is 6.02. The van der Waals surface area contributed by atoms with Crippen molar-refractivity contribution in [2.75, 3.05) is 10.7 Å². The van der Waals surface area contributed by atoms with Crippen LogP contribution in [0.5, 0.6) is 0 Å². The molecule has 11 nitrogen and oxygen atoms in total. The number of nitro groups is 1. The fourth-order valence-corrected chi connectivity index (χ4v) is 3.14. The predicted octanol–water partition coefficient (Wildman–Crippen LogP) is 5.95. The van der Waals surface area contributed by atoms with Gasteiger partial charge in [-0.1, -0.05) is 41.9 Å². The van der Waals surface area contributed by atoms with E-state index in [1.54, 1.807) is 42.5 Å². The molecule has 0 saturated carbocycles. The van der Waals surface area contributed by atoms with E-state index in [0.717, 1.165) is 6.33 Å². The number of benzene rings is 3. The second kappa shape index (κ2) is 10.8. The summed E-state index contributed by atoms with van der Waals surface area (Å²) in [4.78, 5) is 31.3. The van der Waals surface area contributed by atoms with Gasteiger partial charge in [0.15, 0.2) is 0 Å². The number of azo groups is 1. The number of hydrogen-bond donors (Lipinski definition) is 3. The van der Waals surface area contributed by atoms with Crippen LogP contribution in [0.15, 0.2) is 95.4 Å². The summed E-state index contributed by atoms with van der Waals surface area (Å²) in [6.45, 7) is 0. The first kappa shape index (κ1) is 23.3. The molecule has 0 atom stereocenters. The molecule has 0 bridgehead atoms. The van der Waals surface area contributed by atoms with Gasteiger partial charge in [-0.05, 0) is 48.5 Å². The zero-order valence-electron chi connectivity index (χ0n) is 17.9. The number of anilines is 3. The minimum absolute atomic E-state index is 0.0712. The Morgan fingerprint density at radius 3 is 2.17 bits per heavy atom. The molecule has 12 heteroatoms. The van der Waals surface area contributed by atoms with E-state index in [1.807, 2.05) is 30.3 Å². The molecule has 4 rings (SSSR count). The smallest absolute Gasteiger partial charge is 0.334 e. The Balaban J connectivity index is 1.48. The number of halogens is 1. The van der Waals surface area contributed by atoms with E-state index in [4.69, 9.17) is 11.6 Å². The summed E-state index contributed by atoms with van der Waals surface area (Å²) in [6.07, 6.45) is 1.13. The van der Waals surface area contributed by atoms with Gasteiger partial charge in [0, 0.05) is 5.69 Å². The van der Waals surface area contributed by atoms with Crippen LogP contribution in [0.2, 0.25) is 5.02 Å². The highest BCUT2D eigenvalue weighted by Crippen LogP contribution is 2.31. The topological polar surface area (TPSA) is 147 Å². The van der Waals surface area contributed by atoms with E-state index in [9.17, 15) is 14.9 Å². The third-order valence-electron chi connectivity index (χ3n) is 4.58. The molecule has 0 aliphatic rings. The number of carbonyl (C=O) groups is 1. The highest BCUT2D eigenvalue weighted by Gasteiger charge is 2.24. The molecule has 0 unspecified atom stereocenters. The lowest BCUT2D eigenvalue weighted by molar-refractivity contribution is -0.383. The van der Waals surface area contributed by atoms with Crippen LogP contribution in [-0.2, 0) is 0 Å². The maximum absolute atomic E-state index is 12.4. The summed E-state index contributed by atoms with van der Waals surface area (Å²) < 4.78 is 0. The zero-order valence-corrected chi connectivity index (χ0v) is 18.7. The van der Waals surface area contributed by atoms with Crippen molar-refractivity contribution in [3.05, 3.63) is 106 Å². The molecule has 0 aliphatic heterocycles. The SMILES string of the molecule is O=C(NNc1ncnc(Nc2ccc(N=Nc3ccccc3)cc2)c1[N+](=O)[O-])c1ccccc1Cl. The van der Waals surface area contributed by atoms with Crippen molar-refractivity contribution in [2.45, 2.75) is 0 Å². The number of hydrazine groups is 1. The predicted molar refractivity (Wildman–Crippen MR) is 132 cm³/mol. The van der Waals surface area contributed by atoms with Crippen LogP contribution < -0.4 is 16.2 Å². The Hall–Kier alpha value is -4.90. The normalized spacial score (nSPS) is 10.7. The quantitative estimate of drug-likeness (QED) is 0.157. The van der Waals surface area contributed by atoms with Crippen molar-refractivity contribution in [2.24, 2.45) is 10.2 Å². The van der Waals surface area contributed by atoms with Crippen LogP contribution >= 0.6 is 11.6 Å². The first-order valence-electron chi connectivity index (χ1n) is 10.2. The number of rotatable bonds is 8. The third-order valence-corrected chi connectivity index (χ3v) is 4.91. The minimum atomic E-state index is -0.658. The molecule has 1 aromatic heterocycles. The van der Waals surface area contributed by atoms with Gasteiger partial charge in [0.05, 0.1) is 26.9 Å². The third kappa shape index (κ3) is 5.92. The monoisotopic (exact) mass is 488 g/mol. The van der Waals surface area contributed by atoms with Crippen molar-refractivity contribution in [1.82, 2.24) is 15.4 Å². The first-order chi connectivity index (χ1) is 17.0. The molecule has 0 fully saturated rings. The van der Waals surface area contributed by atoms with Crippen LogP contribution in [0.25, 0.3) is 0 Å². The van der Waals surface area contributed by atoms with E-state index >= 15 is 0 Å². The highest BCUT2D eigenvalue weighted by atomic mass is 35.5. The van der Waals surface area contributed by atoms with E-state index in [0.29, 0.717) is 17.1 Å². The molecule has 0 aliphatic carbocycles. The van der Waals surface area contributed by atoms with E-state index < -0.39 is 16.5 Å². The van der Waals surface area contributed by atoms with E-state index in [1.165, 1.54) is 6.07 Å². The molecular formula is C23H17ClN8O3. The lowest BCUT2D eigenvalue weighted by atomic mass is 10.2. The van der Waals surface area contributed by atoms with Gasteiger partial charge < -0.3 is 5.32 Å². The van der Waals surface area contributed by atoms with Gasteiger partial charge in [-0.15, -0.1) is 0 Å². The molecule has 1 amide bonds. The van der Waals surface area contributed by atoms with Gasteiger partial charge in [0.1, 0.15) is 6.33 Å². The van der Waals surface area contributed by atoms with Gasteiger partial charge in [-0.25, -0.2) is 9.97 Å². The number of nitrogens with zero attached hydrogens (tertiary/aromatic N) is 5. The molecule has 3 aromatic carbocycles. The Bertz CT molecular complexity index is 1380. The molecule has 174 valence electrons. The second-order valence-corrected chi connectivity index (χ2v) is 7.35. The standard InChI is InChI=1S/C23H17ClN8O3/c24-19-9-5-4-8-18(19)23(33)31-30-22-20(32(34)35)21(25-14-26-22)27-15-10-12-17(13-11-15)29-28-16-6-2-1-3-7-16/h1-14H,(H,31,33)(H2,25,26,27,30). The number of carbonyl (C=O) groups excluding carboxylic acids is 1. The Morgan fingerprint density at radius 2 is 1.49 bits per heavy atom. The zero-order chi connectivity index (χ0) is 24.6. The van der Waals surface area contributed by atoms with Gasteiger partial charge >= 0.3 is 5.69 Å². The number of hydrogen-bond acceptors (Lipinski definition) is 9. The fourth-order valence-electron chi connectivity index (χ4n) is 2.92. The minimum Gasteiger partial charge on any atom is -0.334 e. The molecule has 0 radical (unpaired) electrons. The number of nitrogens with one attached hydrogen (secondary N) is 3. The van der Waals surface area contributed by atoms with E-state index in [-0.39, 0.29) is 22.2 Å². The average molecular weight is 489 g/mol. The summed E-state index contributed by atoms with van der Waals surface area (Å²) in [7, 11) is 0. The van der Waals surface area contributed by atoms with Crippen LogP contribution in [0.4, 0.5) is 34.4 Å². The van der Waals surface area contributed by atoms with Crippen molar-refractivity contribution in [3.8, 4) is 0 Å². The summed E-state index contributed by atoms with van der Waals surface area (Å²) in [5, 5.41) is 23.2. The molecule has 35 heavy (non-hydrogen) atoms. The second-order valence-electron chi connectivity index (χ2n) is 6.94. The van der Waals surface area contributed by atoms with Crippen molar-refractivity contribution in [1.29, 1.82) is 0 Å². The summed E-state index contributed by atoms with van der Waals surface area (Å²) in [5.41, 5.74) is 6.40. The van der Waals surface area contributed by atoms with Crippen molar-refractivity contribution < 1.29 is 9.72 Å². The molecule has 1 heterocycles. The Kier molecular flexibility index (Phi) is 7.19. The largest absolute Gasteiger partial charge is 0.355 e. The van der Waals surface area contributed by atoms with Crippen LogP contribution in [0, 0.1) is 10.1 Å². The highest BCUT2D eigenvalue weighted by molar-refractivity contribution is 6.33. The lowest BCUT2D eigenvalue weighted by Crippen LogP contribution is -2.30. The Morgan fingerprint density at radius 1 is 0.857 bits per heavy atom. The van der Waals surface area contributed by atoms with Crippen LogP contribution in [0.1, 0.15) is 10.4 Å². The number of aromatic nitrogens is 2. The van der Waals surface area contributed by atoms with Gasteiger partial charge in [0.2, 0.25) is 11.6 Å². The van der Waals surface area contributed by atoms with Crippen molar-refractivity contribution in [3.63, 3.8) is 0 Å². The van der Waals surface area contributed by atoms with Crippen molar-refractivity contribution >= 4 is 51.9 Å². The molecule has 0 saturated heterocycles.